The Bertz CT molecular complexity index is 674. The van der Waals surface area contributed by atoms with E-state index in [1.54, 1.807) is 0 Å². The lowest BCUT2D eigenvalue weighted by atomic mass is 10.2. The number of hydrogen-bond acceptors (Lipinski definition) is 6. The van der Waals surface area contributed by atoms with Gasteiger partial charge in [0.05, 0.1) is 17.1 Å². The van der Waals surface area contributed by atoms with Crippen LogP contribution in [0.25, 0.3) is 0 Å². The van der Waals surface area contributed by atoms with Crippen LogP contribution >= 0.6 is 11.6 Å². The standard InChI is InChI=1S/C11H13ClN2O6S/c1-2-3-4-20-11(15)7-5-8(14(16)17)10(12)9(6-7)21(13,18)19/h5-6H,2-4H2,1H3,(H2,13,18,19). The smallest absolute Gasteiger partial charge is 0.338 e. The maximum atomic E-state index is 11.8. The molecule has 0 aliphatic carbocycles. The van der Waals surface area contributed by atoms with Gasteiger partial charge in [-0.15, -0.1) is 0 Å². The first kappa shape index (κ1) is 17.3. The highest BCUT2D eigenvalue weighted by Crippen LogP contribution is 2.32. The topological polar surface area (TPSA) is 130 Å². The molecular formula is C11H13ClN2O6S. The van der Waals surface area contributed by atoms with Crippen molar-refractivity contribution >= 4 is 33.3 Å². The van der Waals surface area contributed by atoms with Crippen LogP contribution in [0.4, 0.5) is 5.69 Å². The van der Waals surface area contributed by atoms with Crippen molar-refractivity contribution < 1.29 is 22.9 Å². The molecule has 0 aliphatic rings. The number of nitrogens with two attached hydrogens (primary N) is 1. The molecule has 10 heteroatoms. The van der Waals surface area contributed by atoms with Gasteiger partial charge in [-0.05, 0) is 12.5 Å². The molecule has 0 radical (unpaired) electrons. The van der Waals surface area contributed by atoms with Gasteiger partial charge < -0.3 is 4.74 Å². The third kappa shape index (κ3) is 4.38. The van der Waals surface area contributed by atoms with E-state index in [0.717, 1.165) is 18.6 Å². The first-order chi connectivity index (χ1) is 9.68. The predicted molar refractivity (Wildman–Crippen MR) is 74.7 cm³/mol. The Morgan fingerprint density at radius 2 is 2.10 bits per heavy atom. The van der Waals surface area contributed by atoms with Crippen molar-refractivity contribution in [2.45, 2.75) is 24.7 Å². The van der Waals surface area contributed by atoms with Gasteiger partial charge in [0.25, 0.3) is 5.69 Å². The second kappa shape index (κ2) is 6.83. The molecule has 0 bridgehead atoms. The summed E-state index contributed by atoms with van der Waals surface area (Å²) in [5.74, 6) is -0.881. The molecule has 0 unspecified atom stereocenters. The number of primary sulfonamides is 1. The molecule has 1 aromatic rings. The first-order valence-electron chi connectivity index (χ1n) is 5.86. The van der Waals surface area contributed by atoms with Crippen LogP contribution in [0.5, 0.6) is 0 Å². The Balaban J connectivity index is 3.31. The fourth-order valence-corrected chi connectivity index (χ4v) is 2.58. The van der Waals surface area contributed by atoms with Crippen LogP contribution in [-0.2, 0) is 14.8 Å². The van der Waals surface area contributed by atoms with Gasteiger partial charge >= 0.3 is 5.97 Å². The van der Waals surface area contributed by atoms with E-state index in [0.29, 0.717) is 6.42 Å². The number of ether oxygens (including phenoxy) is 1. The number of nitro benzene ring substituents is 1. The van der Waals surface area contributed by atoms with Crippen molar-refractivity contribution in [3.05, 3.63) is 32.8 Å². The Hall–Kier alpha value is -1.71. The number of esters is 1. The lowest BCUT2D eigenvalue weighted by Gasteiger charge is -2.07. The fraction of sp³-hybridized carbons (Fsp3) is 0.364. The monoisotopic (exact) mass is 336 g/mol. The number of carbonyl (C=O) groups is 1. The van der Waals surface area contributed by atoms with Gasteiger partial charge in [0.1, 0.15) is 9.92 Å². The zero-order valence-corrected chi connectivity index (χ0v) is 12.6. The molecule has 0 aliphatic heterocycles. The van der Waals surface area contributed by atoms with Crippen LogP contribution in [0.15, 0.2) is 17.0 Å². The Labute approximate surface area is 126 Å². The third-order valence-electron chi connectivity index (χ3n) is 2.49. The molecule has 21 heavy (non-hydrogen) atoms. The van der Waals surface area contributed by atoms with Crippen LogP contribution in [-0.4, -0.2) is 25.9 Å². The minimum absolute atomic E-state index is 0.121. The maximum absolute atomic E-state index is 11.8. The number of halogens is 1. The van der Waals surface area contributed by atoms with Crippen LogP contribution < -0.4 is 5.14 Å². The highest BCUT2D eigenvalue weighted by atomic mass is 35.5. The molecule has 0 saturated carbocycles. The van der Waals surface area contributed by atoms with E-state index in [-0.39, 0.29) is 12.2 Å². The van der Waals surface area contributed by atoms with Gasteiger partial charge in [-0.3, -0.25) is 10.1 Å². The second-order valence-electron chi connectivity index (χ2n) is 4.10. The maximum Gasteiger partial charge on any atom is 0.338 e. The highest BCUT2D eigenvalue weighted by molar-refractivity contribution is 7.89. The molecule has 1 rings (SSSR count). The number of nitrogens with zero attached hydrogens (tertiary/aromatic N) is 1. The number of hydrogen-bond donors (Lipinski definition) is 1. The van der Waals surface area contributed by atoms with E-state index in [9.17, 15) is 23.3 Å². The Morgan fingerprint density at radius 1 is 1.48 bits per heavy atom. The summed E-state index contributed by atoms with van der Waals surface area (Å²) in [5.41, 5.74) is -1.03. The number of unbranched alkanes of at least 4 members (excludes halogenated alkanes) is 1. The quantitative estimate of drug-likeness (QED) is 0.365. The summed E-state index contributed by atoms with van der Waals surface area (Å²) < 4.78 is 27.6. The molecule has 0 spiro atoms. The van der Waals surface area contributed by atoms with Gasteiger partial charge in [-0.25, -0.2) is 18.4 Å². The van der Waals surface area contributed by atoms with Gasteiger partial charge in [0, 0.05) is 6.07 Å². The van der Waals surface area contributed by atoms with Crippen molar-refractivity contribution in [1.29, 1.82) is 0 Å². The zero-order valence-electron chi connectivity index (χ0n) is 11.0. The predicted octanol–water partition coefficient (Wildman–Crippen LogP) is 1.85. The Kier molecular flexibility index (Phi) is 5.64. The van der Waals surface area contributed by atoms with Crippen LogP contribution in [0.1, 0.15) is 30.1 Å². The molecule has 116 valence electrons. The Morgan fingerprint density at radius 3 is 2.57 bits per heavy atom. The fourth-order valence-electron chi connectivity index (χ4n) is 1.43. The van der Waals surface area contributed by atoms with Crippen molar-refractivity contribution in [3.8, 4) is 0 Å². The van der Waals surface area contributed by atoms with E-state index < -0.39 is 36.5 Å². The summed E-state index contributed by atoms with van der Waals surface area (Å²) in [4.78, 5) is 21.0. The van der Waals surface area contributed by atoms with Gasteiger partial charge in [0.15, 0.2) is 0 Å². The molecular weight excluding hydrogens is 324 g/mol. The first-order valence-corrected chi connectivity index (χ1v) is 7.78. The normalized spacial score (nSPS) is 11.2. The molecule has 8 nitrogen and oxygen atoms in total. The summed E-state index contributed by atoms with van der Waals surface area (Å²) in [7, 11) is -4.31. The van der Waals surface area contributed by atoms with Crippen molar-refractivity contribution in [2.75, 3.05) is 6.61 Å². The average molecular weight is 337 g/mol. The highest BCUT2D eigenvalue weighted by Gasteiger charge is 2.26. The summed E-state index contributed by atoms with van der Waals surface area (Å²) in [6.07, 6.45) is 1.40. The molecule has 0 heterocycles. The number of sulfonamides is 1. The molecule has 0 atom stereocenters. The van der Waals surface area contributed by atoms with E-state index in [1.165, 1.54) is 0 Å². The molecule has 0 amide bonds. The number of nitro groups is 1. The summed E-state index contributed by atoms with van der Waals surface area (Å²) in [5, 5.41) is 15.2. The average Bonchev–Trinajstić information content (AvgIpc) is 2.37. The van der Waals surface area contributed by atoms with E-state index in [1.807, 2.05) is 6.92 Å². The van der Waals surface area contributed by atoms with Gasteiger partial charge in [-0.2, -0.15) is 0 Å². The van der Waals surface area contributed by atoms with Crippen molar-refractivity contribution in [1.82, 2.24) is 0 Å². The number of carbonyl (C=O) groups excluding carboxylic acids is 1. The molecule has 2 N–H and O–H groups in total. The lowest BCUT2D eigenvalue weighted by Crippen LogP contribution is -2.15. The zero-order chi connectivity index (χ0) is 16.2. The van der Waals surface area contributed by atoms with E-state index in [2.05, 4.69) is 0 Å². The summed E-state index contributed by atoms with van der Waals surface area (Å²) in [6.45, 7) is 2.01. The van der Waals surface area contributed by atoms with Crippen molar-refractivity contribution in [3.63, 3.8) is 0 Å². The minimum Gasteiger partial charge on any atom is -0.462 e. The summed E-state index contributed by atoms with van der Waals surface area (Å²) in [6, 6.07) is 1.71. The molecule has 0 aromatic heterocycles. The largest absolute Gasteiger partial charge is 0.462 e. The number of rotatable bonds is 6. The molecule has 0 fully saturated rings. The van der Waals surface area contributed by atoms with Gasteiger partial charge in [-0.1, -0.05) is 24.9 Å². The van der Waals surface area contributed by atoms with E-state index in [4.69, 9.17) is 21.5 Å². The van der Waals surface area contributed by atoms with Crippen LogP contribution in [0.2, 0.25) is 5.02 Å². The number of benzene rings is 1. The van der Waals surface area contributed by atoms with Crippen LogP contribution in [0, 0.1) is 10.1 Å². The second-order valence-corrected chi connectivity index (χ2v) is 6.01. The molecule has 1 aromatic carbocycles. The molecule has 0 saturated heterocycles. The minimum atomic E-state index is -4.31. The van der Waals surface area contributed by atoms with Crippen molar-refractivity contribution in [2.24, 2.45) is 5.14 Å². The lowest BCUT2D eigenvalue weighted by molar-refractivity contribution is -0.384. The van der Waals surface area contributed by atoms with E-state index >= 15 is 0 Å². The van der Waals surface area contributed by atoms with Crippen LogP contribution in [0.3, 0.4) is 0 Å². The summed E-state index contributed by atoms with van der Waals surface area (Å²) >= 11 is 5.64. The SMILES string of the molecule is CCCCOC(=O)c1cc([N+](=O)[O-])c(Cl)c(S(N)(=O)=O)c1. The third-order valence-corrected chi connectivity index (χ3v) is 3.93. The van der Waals surface area contributed by atoms with Gasteiger partial charge in [0.2, 0.25) is 10.0 Å².